The highest BCUT2D eigenvalue weighted by molar-refractivity contribution is 5.90. The van der Waals surface area contributed by atoms with Crippen LogP contribution in [0.1, 0.15) is 11.1 Å². The number of nitrogens with two attached hydrogens (primary N) is 1. The normalized spacial score (nSPS) is 10.5. The van der Waals surface area contributed by atoms with Crippen LogP contribution in [-0.2, 0) is 11.4 Å². The molecule has 3 heteroatoms. The molecule has 0 aliphatic rings. The molecular weight excluding hydrogens is 166 g/mol. The Bertz CT molecular complexity index is 331. The van der Waals surface area contributed by atoms with Gasteiger partial charge in [0.25, 0.3) is 0 Å². The predicted octanol–water partition coefficient (Wildman–Crippen LogP) is 0.677. The van der Waals surface area contributed by atoms with Gasteiger partial charge in [0.05, 0.1) is 6.61 Å². The summed E-state index contributed by atoms with van der Waals surface area (Å²) in [4.78, 5) is 10.4. The number of hydrogen-bond acceptors (Lipinski definition) is 2. The Kier molecular flexibility index (Phi) is 3.23. The van der Waals surface area contributed by atoms with E-state index in [1.807, 2.05) is 18.2 Å². The summed E-state index contributed by atoms with van der Waals surface area (Å²) in [6.07, 6.45) is 2.90. The van der Waals surface area contributed by atoms with Crippen LogP contribution in [0.4, 0.5) is 0 Å². The topological polar surface area (TPSA) is 63.3 Å². The smallest absolute Gasteiger partial charge is 0.241 e. The van der Waals surface area contributed by atoms with Crippen LogP contribution in [0.3, 0.4) is 0 Å². The number of rotatable bonds is 3. The zero-order valence-electron chi connectivity index (χ0n) is 7.10. The Labute approximate surface area is 76.5 Å². The number of carbonyl (C=O) groups is 1. The van der Waals surface area contributed by atoms with Gasteiger partial charge in [-0.3, -0.25) is 4.79 Å². The van der Waals surface area contributed by atoms with Crippen molar-refractivity contribution in [1.29, 1.82) is 0 Å². The standard InChI is InChI=1S/C10H11NO2/c11-10(13)5-4-8-2-1-3-9(6-8)7-12/h1-6,12H,7H2,(H2,11,13). The molecule has 0 radical (unpaired) electrons. The summed E-state index contributed by atoms with van der Waals surface area (Å²) in [5.41, 5.74) is 6.60. The fourth-order valence-corrected chi connectivity index (χ4v) is 0.973. The molecule has 1 aromatic carbocycles. The average molecular weight is 177 g/mol. The molecule has 3 N–H and O–H groups in total. The van der Waals surface area contributed by atoms with Crippen molar-refractivity contribution in [2.24, 2.45) is 5.73 Å². The molecule has 0 atom stereocenters. The molecule has 1 aromatic rings. The minimum Gasteiger partial charge on any atom is -0.392 e. The molecule has 0 aliphatic carbocycles. The second-order valence-electron chi connectivity index (χ2n) is 2.64. The summed E-state index contributed by atoms with van der Waals surface area (Å²) in [6.45, 7) is -0.00173. The van der Waals surface area contributed by atoms with Crippen LogP contribution in [0.2, 0.25) is 0 Å². The highest BCUT2D eigenvalue weighted by Crippen LogP contribution is 2.06. The van der Waals surface area contributed by atoms with E-state index in [2.05, 4.69) is 0 Å². The van der Waals surface area contributed by atoms with E-state index in [-0.39, 0.29) is 6.61 Å². The van der Waals surface area contributed by atoms with Crippen molar-refractivity contribution in [2.75, 3.05) is 0 Å². The maximum atomic E-state index is 10.4. The van der Waals surface area contributed by atoms with Crippen molar-refractivity contribution < 1.29 is 9.90 Å². The Hall–Kier alpha value is -1.61. The quantitative estimate of drug-likeness (QED) is 0.667. The number of carbonyl (C=O) groups excluding carboxylic acids is 1. The van der Waals surface area contributed by atoms with E-state index >= 15 is 0 Å². The van der Waals surface area contributed by atoms with Gasteiger partial charge in [-0.25, -0.2) is 0 Å². The van der Waals surface area contributed by atoms with Gasteiger partial charge in [0.2, 0.25) is 5.91 Å². The Morgan fingerprint density at radius 2 is 2.31 bits per heavy atom. The van der Waals surface area contributed by atoms with Gasteiger partial charge in [0, 0.05) is 6.08 Å². The Balaban J connectivity index is 2.83. The third kappa shape index (κ3) is 3.09. The second kappa shape index (κ2) is 4.42. The maximum absolute atomic E-state index is 10.4. The summed E-state index contributed by atoms with van der Waals surface area (Å²) in [5, 5.41) is 8.82. The third-order valence-corrected chi connectivity index (χ3v) is 1.57. The Morgan fingerprint density at radius 3 is 2.92 bits per heavy atom. The molecule has 0 aromatic heterocycles. The van der Waals surface area contributed by atoms with Gasteiger partial charge in [-0.15, -0.1) is 0 Å². The molecule has 3 nitrogen and oxygen atoms in total. The zero-order chi connectivity index (χ0) is 9.68. The molecule has 0 bridgehead atoms. The van der Waals surface area contributed by atoms with Gasteiger partial charge >= 0.3 is 0 Å². The zero-order valence-corrected chi connectivity index (χ0v) is 7.10. The van der Waals surface area contributed by atoms with Crippen LogP contribution < -0.4 is 5.73 Å². The van der Waals surface area contributed by atoms with Crippen LogP contribution in [-0.4, -0.2) is 11.0 Å². The molecule has 0 spiro atoms. The van der Waals surface area contributed by atoms with Gasteiger partial charge in [-0.05, 0) is 23.3 Å². The van der Waals surface area contributed by atoms with Crippen LogP contribution in [0.15, 0.2) is 30.3 Å². The molecule has 0 aliphatic heterocycles. The minimum atomic E-state index is -0.477. The molecule has 1 amide bonds. The number of aliphatic hydroxyl groups is 1. The molecule has 0 fully saturated rings. The van der Waals surface area contributed by atoms with E-state index in [0.717, 1.165) is 11.1 Å². The monoisotopic (exact) mass is 177 g/mol. The van der Waals surface area contributed by atoms with Gasteiger partial charge in [-0.2, -0.15) is 0 Å². The predicted molar refractivity (Wildman–Crippen MR) is 50.6 cm³/mol. The molecule has 0 saturated carbocycles. The van der Waals surface area contributed by atoms with Crippen molar-refractivity contribution in [2.45, 2.75) is 6.61 Å². The number of hydrogen-bond donors (Lipinski definition) is 2. The lowest BCUT2D eigenvalue weighted by molar-refractivity contribution is -0.113. The highest BCUT2D eigenvalue weighted by Gasteiger charge is 1.91. The second-order valence-corrected chi connectivity index (χ2v) is 2.64. The summed E-state index contributed by atoms with van der Waals surface area (Å²) in [7, 11) is 0. The lowest BCUT2D eigenvalue weighted by atomic mass is 10.1. The summed E-state index contributed by atoms with van der Waals surface area (Å²) < 4.78 is 0. The number of aliphatic hydroxyl groups excluding tert-OH is 1. The average Bonchev–Trinajstić information content (AvgIpc) is 2.15. The summed E-state index contributed by atoms with van der Waals surface area (Å²) in [6, 6.07) is 7.24. The number of amides is 1. The van der Waals surface area contributed by atoms with Crippen molar-refractivity contribution in [3.8, 4) is 0 Å². The van der Waals surface area contributed by atoms with Crippen molar-refractivity contribution >= 4 is 12.0 Å². The first-order valence-electron chi connectivity index (χ1n) is 3.89. The fraction of sp³-hybridized carbons (Fsp3) is 0.100. The van der Waals surface area contributed by atoms with E-state index in [1.54, 1.807) is 12.1 Å². The van der Waals surface area contributed by atoms with Crippen molar-refractivity contribution in [1.82, 2.24) is 0 Å². The molecule has 1 rings (SSSR count). The molecule has 13 heavy (non-hydrogen) atoms. The lowest BCUT2D eigenvalue weighted by Crippen LogP contribution is -2.05. The van der Waals surface area contributed by atoms with Gasteiger partial charge in [-0.1, -0.05) is 18.2 Å². The third-order valence-electron chi connectivity index (χ3n) is 1.57. The maximum Gasteiger partial charge on any atom is 0.241 e. The fourth-order valence-electron chi connectivity index (χ4n) is 0.973. The molecular formula is C10H11NO2. The first-order valence-corrected chi connectivity index (χ1v) is 3.89. The van der Waals surface area contributed by atoms with E-state index in [0.29, 0.717) is 0 Å². The van der Waals surface area contributed by atoms with Crippen LogP contribution >= 0.6 is 0 Å². The van der Waals surface area contributed by atoms with Crippen LogP contribution in [0, 0.1) is 0 Å². The molecule has 0 saturated heterocycles. The van der Waals surface area contributed by atoms with Crippen LogP contribution in [0.5, 0.6) is 0 Å². The summed E-state index contributed by atoms with van der Waals surface area (Å²) >= 11 is 0. The first kappa shape index (κ1) is 9.48. The molecule has 68 valence electrons. The highest BCUT2D eigenvalue weighted by atomic mass is 16.3. The summed E-state index contributed by atoms with van der Waals surface area (Å²) in [5.74, 6) is -0.477. The molecule has 0 unspecified atom stereocenters. The first-order chi connectivity index (χ1) is 6.22. The SMILES string of the molecule is NC(=O)C=Cc1cccc(CO)c1. The largest absolute Gasteiger partial charge is 0.392 e. The Morgan fingerprint density at radius 1 is 1.54 bits per heavy atom. The van der Waals surface area contributed by atoms with Gasteiger partial charge in [0.15, 0.2) is 0 Å². The minimum absolute atomic E-state index is 0.00173. The number of benzene rings is 1. The van der Waals surface area contributed by atoms with E-state index in [9.17, 15) is 4.79 Å². The van der Waals surface area contributed by atoms with Crippen LogP contribution in [0.25, 0.3) is 6.08 Å². The molecule has 0 heterocycles. The van der Waals surface area contributed by atoms with E-state index < -0.39 is 5.91 Å². The van der Waals surface area contributed by atoms with Crippen molar-refractivity contribution in [3.05, 3.63) is 41.5 Å². The van der Waals surface area contributed by atoms with E-state index in [1.165, 1.54) is 6.08 Å². The van der Waals surface area contributed by atoms with Gasteiger partial charge < -0.3 is 10.8 Å². The van der Waals surface area contributed by atoms with Crippen molar-refractivity contribution in [3.63, 3.8) is 0 Å². The number of primary amides is 1. The van der Waals surface area contributed by atoms with E-state index in [4.69, 9.17) is 10.8 Å². The lowest BCUT2D eigenvalue weighted by Gasteiger charge is -1.96. The van der Waals surface area contributed by atoms with Gasteiger partial charge in [0.1, 0.15) is 0 Å².